The van der Waals surface area contributed by atoms with Gasteiger partial charge in [0.2, 0.25) is 5.82 Å². The van der Waals surface area contributed by atoms with Gasteiger partial charge in [-0.05, 0) is 42.3 Å². The lowest BCUT2D eigenvalue weighted by Gasteiger charge is -2.09. The molecule has 0 atom stereocenters. The molecule has 8 heteroatoms. The first kappa shape index (κ1) is 21.4. The average molecular weight is 454 g/mol. The largest absolute Gasteiger partial charge is 0.497 e. The van der Waals surface area contributed by atoms with Crippen molar-refractivity contribution in [3.63, 3.8) is 0 Å². The molecule has 0 unspecified atom stereocenters. The van der Waals surface area contributed by atoms with E-state index in [4.69, 9.17) is 14.0 Å². The highest BCUT2D eigenvalue weighted by atomic mass is 16.5. The minimum atomic E-state index is -0.222. The molecule has 0 saturated carbocycles. The number of rotatable bonds is 6. The van der Waals surface area contributed by atoms with Crippen LogP contribution in [0.5, 0.6) is 11.5 Å². The fourth-order valence-electron chi connectivity index (χ4n) is 3.81. The lowest BCUT2D eigenvalue weighted by Crippen LogP contribution is -2.22. The monoisotopic (exact) mass is 454 g/mol. The van der Waals surface area contributed by atoms with Gasteiger partial charge in [-0.2, -0.15) is 14.8 Å². The lowest BCUT2D eigenvalue weighted by molar-refractivity contribution is 0.394. The van der Waals surface area contributed by atoms with E-state index in [0.29, 0.717) is 45.0 Å². The molecule has 170 valence electrons. The predicted octanol–water partition coefficient (Wildman–Crippen LogP) is 4.68. The van der Waals surface area contributed by atoms with Crippen LogP contribution in [0.1, 0.15) is 12.5 Å². The zero-order chi connectivity index (χ0) is 23.7. The number of hydrogen-bond donors (Lipinski definition) is 0. The van der Waals surface area contributed by atoms with Crippen LogP contribution in [0, 0.1) is 0 Å². The Morgan fingerprint density at radius 2 is 1.71 bits per heavy atom. The molecular formula is C26H22N4O4. The van der Waals surface area contributed by atoms with Gasteiger partial charge in [-0.1, -0.05) is 42.4 Å². The molecule has 0 saturated heterocycles. The van der Waals surface area contributed by atoms with Gasteiger partial charge in [-0.25, -0.2) is 0 Å². The maximum atomic E-state index is 13.2. The maximum Gasteiger partial charge on any atom is 0.279 e. The second-order valence-electron chi connectivity index (χ2n) is 7.62. The number of nitrogens with zero attached hydrogens (tertiary/aromatic N) is 4. The van der Waals surface area contributed by atoms with E-state index in [1.807, 2.05) is 42.5 Å². The molecule has 0 spiro atoms. The number of aromatic nitrogens is 4. The van der Waals surface area contributed by atoms with Crippen molar-refractivity contribution in [2.45, 2.75) is 13.3 Å². The zero-order valence-electron chi connectivity index (χ0n) is 19.0. The van der Waals surface area contributed by atoms with Crippen LogP contribution in [0.25, 0.3) is 39.4 Å². The topological polar surface area (TPSA) is 92.3 Å². The fourth-order valence-corrected chi connectivity index (χ4v) is 3.81. The Hall–Kier alpha value is -4.46. The van der Waals surface area contributed by atoms with Crippen LogP contribution in [-0.4, -0.2) is 34.1 Å². The Morgan fingerprint density at radius 3 is 2.41 bits per heavy atom. The second kappa shape index (κ2) is 8.82. The van der Waals surface area contributed by atoms with Crippen molar-refractivity contribution >= 4 is 10.8 Å². The molecule has 2 aromatic heterocycles. The molecule has 2 heterocycles. The van der Waals surface area contributed by atoms with Gasteiger partial charge in [0.05, 0.1) is 30.9 Å². The molecule has 0 aliphatic rings. The van der Waals surface area contributed by atoms with Gasteiger partial charge < -0.3 is 14.0 Å². The summed E-state index contributed by atoms with van der Waals surface area (Å²) in [5.74, 6) is 1.73. The normalized spacial score (nSPS) is 11.0. The molecule has 0 N–H and O–H groups in total. The summed E-state index contributed by atoms with van der Waals surface area (Å²) in [6.45, 7) is 2.08. The van der Waals surface area contributed by atoms with E-state index < -0.39 is 0 Å². The number of aryl methyl sites for hydroxylation is 1. The number of methoxy groups -OCH3 is 2. The van der Waals surface area contributed by atoms with Crippen molar-refractivity contribution in [3.8, 4) is 40.2 Å². The molecule has 8 nitrogen and oxygen atoms in total. The summed E-state index contributed by atoms with van der Waals surface area (Å²) in [7, 11) is 3.15. The fraction of sp³-hybridized carbons (Fsp3) is 0.154. The van der Waals surface area contributed by atoms with E-state index in [1.54, 1.807) is 38.5 Å². The Balaban J connectivity index is 1.67. The van der Waals surface area contributed by atoms with Crippen LogP contribution in [0.15, 0.2) is 76.0 Å². The van der Waals surface area contributed by atoms with Crippen molar-refractivity contribution in [3.05, 3.63) is 82.6 Å². The Kier molecular flexibility index (Phi) is 5.55. The van der Waals surface area contributed by atoms with Crippen molar-refractivity contribution in [2.75, 3.05) is 14.2 Å². The summed E-state index contributed by atoms with van der Waals surface area (Å²) in [5.41, 5.74) is 2.67. The molecule has 34 heavy (non-hydrogen) atoms. The van der Waals surface area contributed by atoms with Crippen molar-refractivity contribution in [1.29, 1.82) is 0 Å². The van der Waals surface area contributed by atoms with Crippen LogP contribution in [-0.2, 0) is 6.42 Å². The smallest absolute Gasteiger partial charge is 0.279 e. The Labute approximate surface area is 195 Å². The molecule has 5 aromatic rings. The van der Waals surface area contributed by atoms with Gasteiger partial charge in [0.1, 0.15) is 11.5 Å². The molecule has 0 bridgehead atoms. The minimum absolute atomic E-state index is 0.197. The van der Waals surface area contributed by atoms with Crippen LogP contribution in [0.3, 0.4) is 0 Å². The van der Waals surface area contributed by atoms with Crippen LogP contribution < -0.4 is 15.0 Å². The number of benzene rings is 3. The van der Waals surface area contributed by atoms with Crippen molar-refractivity contribution in [1.82, 2.24) is 19.9 Å². The van der Waals surface area contributed by atoms with E-state index >= 15 is 0 Å². The summed E-state index contributed by atoms with van der Waals surface area (Å²) in [5, 5.41) is 9.92. The standard InChI is InChI=1S/C26H22N4O4/c1-4-16-9-11-17(12-10-16)30-26(31)20-8-6-5-7-19(20)23(28-30)25-27-24(29-34-25)21-14-13-18(32-2)15-22(21)33-3/h5-15H,4H2,1-3H3. The summed E-state index contributed by atoms with van der Waals surface area (Å²) < 4.78 is 17.7. The van der Waals surface area contributed by atoms with Gasteiger partial charge >= 0.3 is 0 Å². The van der Waals surface area contributed by atoms with Gasteiger partial charge in [-0.15, -0.1) is 0 Å². The molecule has 0 fully saturated rings. The molecule has 0 radical (unpaired) electrons. The van der Waals surface area contributed by atoms with E-state index in [2.05, 4.69) is 22.2 Å². The maximum absolute atomic E-state index is 13.2. The van der Waals surface area contributed by atoms with Crippen molar-refractivity contribution < 1.29 is 14.0 Å². The van der Waals surface area contributed by atoms with Gasteiger partial charge in [0.25, 0.3) is 11.4 Å². The third kappa shape index (κ3) is 3.69. The first-order valence-corrected chi connectivity index (χ1v) is 10.8. The lowest BCUT2D eigenvalue weighted by atomic mass is 10.1. The van der Waals surface area contributed by atoms with Crippen LogP contribution in [0.4, 0.5) is 0 Å². The third-order valence-corrected chi connectivity index (χ3v) is 5.67. The molecular weight excluding hydrogens is 432 g/mol. The Bertz CT molecular complexity index is 1540. The Morgan fingerprint density at radius 1 is 0.941 bits per heavy atom. The number of fused-ring (bicyclic) bond motifs is 1. The molecule has 0 aliphatic heterocycles. The third-order valence-electron chi connectivity index (χ3n) is 5.67. The number of ether oxygens (including phenoxy) is 2. The van der Waals surface area contributed by atoms with Gasteiger partial charge in [0.15, 0.2) is 5.69 Å². The SMILES string of the molecule is CCc1ccc(-n2nc(-c3nc(-c4ccc(OC)cc4OC)no3)c3ccccc3c2=O)cc1. The quantitative estimate of drug-likeness (QED) is 0.368. The van der Waals surface area contributed by atoms with Gasteiger partial charge in [0, 0.05) is 11.5 Å². The average Bonchev–Trinajstić information content (AvgIpc) is 3.38. The number of hydrogen-bond acceptors (Lipinski definition) is 7. The first-order chi connectivity index (χ1) is 16.6. The minimum Gasteiger partial charge on any atom is -0.497 e. The first-order valence-electron chi connectivity index (χ1n) is 10.8. The van der Waals surface area contributed by atoms with Crippen LogP contribution >= 0.6 is 0 Å². The van der Waals surface area contributed by atoms with E-state index in [-0.39, 0.29) is 11.4 Å². The summed E-state index contributed by atoms with van der Waals surface area (Å²) in [4.78, 5) is 17.8. The van der Waals surface area contributed by atoms with E-state index in [0.717, 1.165) is 6.42 Å². The summed E-state index contributed by atoms with van der Waals surface area (Å²) >= 11 is 0. The summed E-state index contributed by atoms with van der Waals surface area (Å²) in [6, 6.07) is 20.3. The summed E-state index contributed by atoms with van der Waals surface area (Å²) in [6.07, 6.45) is 0.908. The second-order valence-corrected chi connectivity index (χ2v) is 7.62. The highest BCUT2D eigenvalue weighted by Gasteiger charge is 2.20. The molecule has 0 aliphatic carbocycles. The highest BCUT2D eigenvalue weighted by Crippen LogP contribution is 2.33. The molecule has 3 aromatic carbocycles. The van der Waals surface area contributed by atoms with Gasteiger partial charge in [-0.3, -0.25) is 4.79 Å². The van der Waals surface area contributed by atoms with Crippen LogP contribution in [0.2, 0.25) is 0 Å². The van der Waals surface area contributed by atoms with E-state index in [1.165, 1.54) is 10.2 Å². The zero-order valence-corrected chi connectivity index (χ0v) is 19.0. The van der Waals surface area contributed by atoms with E-state index in [9.17, 15) is 4.79 Å². The predicted molar refractivity (Wildman–Crippen MR) is 129 cm³/mol. The highest BCUT2D eigenvalue weighted by molar-refractivity contribution is 5.92. The molecule has 0 amide bonds. The van der Waals surface area contributed by atoms with Crippen molar-refractivity contribution in [2.24, 2.45) is 0 Å². The molecule has 5 rings (SSSR count).